The van der Waals surface area contributed by atoms with Gasteiger partial charge < -0.3 is 14.6 Å². The van der Waals surface area contributed by atoms with Crippen molar-refractivity contribution in [1.29, 1.82) is 0 Å². The Morgan fingerprint density at radius 3 is 2.67 bits per heavy atom. The third-order valence-electron chi connectivity index (χ3n) is 3.72. The van der Waals surface area contributed by atoms with Crippen LogP contribution in [-0.2, 0) is 16.1 Å². The molecule has 6 nitrogen and oxygen atoms in total. The van der Waals surface area contributed by atoms with Crippen molar-refractivity contribution in [2.24, 2.45) is 0 Å². The predicted octanol–water partition coefficient (Wildman–Crippen LogP) is 3.84. The molecule has 1 aromatic heterocycles. The Morgan fingerprint density at radius 2 is 1.93 bits per heavy atom. The predicted molar refractivity (Wildman–Crippen MR) is 96.6 cm³/mol. The lowest BCUT2D eigenvalue weighted by molar-refractivity contribution is -0.121. The van der Waals surface area contributed by atoms with Gasteiger partial charge in [-0.15, -0.1) is 0 Å². The van der Waals surface area contributed by atoms with Gasteiger partial charge in [0.15, 0.2) is 11.5 Å². The summed E-state index contributed by atoms with van der Waals surface area (Å²) in [7, 11) is 0. The largest absolute Gasteiger partial charge is 0.365 e. The zero-order chi connectivity index (χ0) is 19.2. The van der Waals surface area contributed by atoms with Crippen molar-refractivity contribution in [3.63, 3.8) is 0 Å². The van der Waals surface area contributed by atoms with E-state index in [9.17, 15) is 14.0 Å². The number of hydrogen-bond donors (Lipinski definition) is 1. The first-order valence-electron chi connectivity index (χ1n) is 8.21. The summed E-state index contributed by atoms with van der Waals surface area (Å²) < 4.78 is 23.5. The van der Waals surface area contributed by atoms with Gasteiger partial charge in [-0.1, -0.05) is 17.3 Å². The molecule has 1 amide bonds. The molecule has 0 saturated heterocycles. The van der Waals surface area contributed by atoms with Crippen LogP contribution in [0, 0.1) is 5.82 Å². The van der Waals surface area contributed by atoms with Crippen molar-refractivity contribution >= 4 is 17.4 Å². The fourth-order valence-corrected chi connectivity index (χ4v) is 2.39. The van der Waals surface area contributed by atoms with Crippen LogP contribution in [0.25, 0.3) is 11.3 Å². The van der Waals surface area contributed by atoms with Gasteiger partial charge in [0.25, 0.3) is 0 Å². The summed E-state index contributed by atoms with van der Waals surface area (Å²) in [6.45, 7) is 1.37. The number of ether oxygens (including phenoxy) is 1. The summed E-state index contributed by atoms with van der Waals surface area (Å²) in [5, 5.41) is 6.53. The maximum atomic E-state index is 12.9. The SMILES string of the molecule is CC(=O)c1cccc(NC(=O)COCc2cc(-c3ccc(F)cc3)on2)c1. The van der Waals surface area contributed by atoms with Gasteiger partial charge in [0.1, 0.15) is 18.1 Å². The van der Waals surface area contributed by atoms with E-state index >= 15 is 0 Å². The number of carbonyl (C=O) groups is 2. The molecular formula is C20H17FN2O4. The Hall–Kier alpha value is -3.32. The van der Waals surface area contributed by atoms with Crippen LogP contribution in [0.1, 0.15) is 23.0 Å². The number of aromatic nitrogens is 1. The normalized spacial score (nSPS) is 10.6. The lowest BCUT2D eigenvalue weighted by atomic mass is 10.1. The Balaban J connectivity index is 1.50. The first-order chi connectivity index (χ1) is 13.0. The number of ketones is 1. The molecule has 0 saturated carbocycles. The number of Topliss-reactive ketones (excluding diaryl/α,β-unsaturated/α-hetero) is 1. The molecule has 7 heteroatoms. The number of rotatable bonds is 7. The minimum Gasteiger partial charge on any atom is -0.365 e. The number of nitrogens with one attached hydrogen (secondary N) is 1. The molecule has 0 fully saturated rings. The zero-order valence-electron chi connectivity index (χ0n) is 14.6. The maximum absolute atomic E-state index is 12.9. The molecule has 0 atom stereocenters. The quantitative estimate of drug-likeness (QED) is 0.641. The van der Waals surface area contributed by atoms with Crippen molar-refractivity contribution in [2.45, 2.75) is 13.5 Å². The van der Waals surface area contributed by atoms with Crippen LogP contribution in [0.3, 0.4) is 0 Å². The van der Waals surface area contributed by atoms with E-state index in [1.54, 1.807) is 42.5 Å². The average molecular weight is 368 g/mol. The molecule has 0 unspecified atom stereocenters. The number of carbonyl (C=O) groups excluding carboxylic acids is 2. The number of benzene rings is 2. The van der Waals surface area contributed by atoms with Gasteiger partial charge in [-0.05, 0) is 43.3 Å². The molecule has 138 valence electrons. The van der Waals surface area contributed by atoms with Crippen LogP contribution in [0.2, 0.25) is 0 Å². The molecule has 3 aromatic rings. The molecule has 0 aliphatic carbocycles. The second-order valence-electron chi connectivity index (χ2n) is 5.87. The molecular weight excluding hydrogens is 351 g/mol. The van der Waals surface area contributed by atoms with Crippen molar-refractivity contribution in [3.05, 3.63) is 71.7 Å². The van der Waals surface area contributed by atoms with E-state index < -0.39 is 0 Å². The Bertz CT molecular complexity index is 951. The number of anilines is 1. The van der Waals surface area contributed by atoms with Gasteiger partial charge in [-0.3, -0.25) is 9.59 Å². The molecule has 1 N–H and O–H groups in total. The second kappa shape index (κ2) is 8.37. The third kappa shape index (κ3) is 5.08. The maximum Gasteiger partial charge on any atom is 0.250 e. The third-order valence-corrected chi connectivity index (χ3v) is 3.72. The highest BCUT2D eigenvalue weighted by molar-refractivity contribution is 5.97. The number of nitrogens with zero attached hydrogens (tertiary/aromatic N) is 1. The lowest BCUT2D eigenvalue weighted by Crippen LogP contribution is -2.18. The monoisotopic (exact) mass is 368 g/mol. The van der Waals surface area contributed by atoms with Crippen LogP contribution in [0.15, 0.2) is 59.1 Å². The minimum absolute atomic E-state index is 0.0784. The van der Waals surface area contributed by atoms with Gasteiger partial charge in [-0.2, -0.15) is 0 Å². The van der Waals surface area contributed by atoms with E-state index in [1.165, 1.54) is 19.1 Å². The molecule has 2 aromatic carbocycles. The summed E-state index contributed by atoms with van der Waals surface area (Å²) in [6, 6.07) is 14.2. The van der Waals surface area contributed by atoms with E-state index in [4.69, 9.17) is 9.26 Å². The molecule has 3 rings (SSSR count). The van der Waals surface area contributed by atoms with Gasteiger partial charge in [-0.25, -0.2) is 4.39 Å². The van der Waals surface area contributed by atoms with Crippen LogP contribution < -0.4 is 5.32 Å². The van der Waals surface area contributed by atoms with Gasteiger partial charge >= 0.3 is 0 Å². The van der Waals surface area contributed by atoms with Crippen LogP contribution in [0.5, 0.6) is 0 Å². The highest BCUT2D eigenvalue weighted by Gasteiger charge is 2.09. The summed E-state index contributed by atoms with van der Waals surface area (Å²) in [5.41, 5.74) is 2.25. The van der Waals surface area contributed by atoms with Gasteiger partial charge in [0.05, 0.1) is 6.61 Å². The Morgan fingerprint density at radius 1 is 1.15 bits per heavy atom. The van der Waals surface area contributed by atoms with E-state index in [2.05, 4.69) is 10.5 Å². The molecule has 0 spiro atoms. The Labute approximate surface area is 154 Å². The van der Waals surface area contributed by atoms with E-state index in [-0.39, 0.29) is 30.7 Å². The first-order valence-corrected chi connectivity index (χ1v) is 8.21. The molecule has 0 aliphatic heterocycles. The lowest BCUT2D eigenvalue weighted by Gasteiger charge is -2.06. The highest BCUT2D eigenvalue weighted by Crippen LogP contribution is 2.20. The summed E-state index contributed by atoms with van der Waals surface area (Å²) in [5.74, 6) is -0.274. The van der Waals surface area contributed by atoms with Crippen molar-refractivity contribution < 1.29 is 23.2 Å². The first kappa shape index (κ1) is 18.5. The molecule has 0 aliphatic rings. The van der Waals surface area contributed by atoms with Crippen LogP contribution >= 0.6 is 0 Å². The van der Waals surface area contributed by atoms with Crippen LogP contribution in [-0.4, -0.2) is 23.5 Å². The molecule has 1 heterocycles. The summed E-state index contributed by atoms with van der Waals surface area (Å²) in [4.78, 5) is 23.3. The van der Waals surface area contributed by atoms with Crippen molar-refractivity contribution in [3.8, 4) is 11.3 Å². The fraction of sp³-hybridized carbons (Fsp3) is 0.150. The van der Waals surface area contributed by atoms with Crippen molar-refractivity contribution in [1.82, 2.24) is 5.16 Å². The average Bonchev–Trinajstić information content (AvgIpc) is 3.11. The van der Waals surface area contributed by atoms with E-state index in [1.807, 2.05) is 0 Å². The van der Waals surface area contributed by atoms with Gasteiger partial charge in [0.2, 0.25) is 5.91 Å². The summed E-state index contributed by atoms with van der Waals surface area (Å²) >= 11 is 0. The topological polar surface area (TPSA) is 81.4 Å². The van der Waals surface area contributed by atoms with E-state index in [0.717, 1.165) is 0 Å². The van der Waals surface area contributed by atoms with Crippen molar-refractivity contribution in [2.75, 3.05) is 11.9 Å². The molecule has 0 bridgehead atoms. The minimum atomic E-state index is -0.349. The van der Waals surface area contributed by atoms with Crippen LogP contribution in [0.4, 0.5) is 10.1 Å². The zero-order valence-corrected chi connectivity index (χ0v) is 14.6. The Kier molecular flexibility index (Phi) is 5.73. The number of hydrogen-bond acceptors (Lipinski definition) is 5. The number of halogens is 1. The fourth-order valence-electron chi connectivity index (χ4n) is 2.39. The molecule has 27 heavy (non-hydrogen) atoms. The van der Waals surface area contributed by atoms with Gasteiger partial charge in [0, 0.05) is 22.9 Å². The number of amides is 1. The smallest absolute Gasteiger partial charge is 0.250 e. The van der Waals surface area contributed by atoms with E-state index in [0.29, 0.717) is 28.3 Å². The summed E-state index contributed by atoms with van der Waals surface area (Å²) in [6.07, 6.45) is 0. The molecule has 0 radical (unpaired) electrons. The standard InChI is InChI=1S/C20H17FN2O4/c1-13(24)15-3-2-4-17(9-15)22-20(25)12-26-11-18-10-19(27-23-18)14-5-7-16(21)8-6-14/h2-10H,11-12H2,1H3,(H,22,25). The highest BCUT2D eigenvalue weighted by atomic mass is 19.1. The second-order valence-corrected chi connectivity index (χ2v) is 5.87.